The summed E-state index contributed by atoms with van der Waals surface area (Å²) in [5, 5.41) is 11.8. The van der Waals surface area contributed by atoms with Crippen LogP contribution in [-0.2, 0) is 10.0 Å². The SMILES string of the molecule is CS(=O)(=O)NCCNCCOc1cccc(C(=O)O)c1. The van der Waals surface area contributed by atoms with E-state index in [9.17, 15) is 13.2 Å². The Labute approximate surface area is 118 Å². The van der Waals surface area contributed by atoms with E-state index in [1.807, 2.05) is 0 Å². The summed E-state index contributed by atoms with van der Waals surface area (Å²) in [6.07, 6.45) is 1.10. The average Bonchev–Trinajstić information content (AvgIpc) is 2.36. The highest BCUT2D eigenvalue weighted by Gasteiger charge is 2.03. The first kappa shape index (κ1) is 16.4. The van der Waals surface area contributed by atoms with Crippen LogP contribution in [0.25, 0.3) is 0 Å². The molecule has 0 aliphatic rings. The third kappa shape index (κ3) is 7.07. The molecule has 0 bridgehead atoms. The van der Waals surface area contributed by atoms with Gasteiger partial charge >= 0.3 is 5.97 Å². The van der Waals surface area contributed by atoms with Crippen molar-refractivity contribution in [2.45, 2.75) is 0 Å². The summed E-state index contributed by atoms with van der Waals surface area (Å²) in [5.41, 5.74) is 0.174. The van der Waals surface area contributed by atoms with E-state index in [1.165, 1.54) is 12.1 Å². The fourth-order valence-electron chi connectivity index (χ4n) is 1.41. The van der Waals surface area contributed by atoms with Crippen LogP contribution in [0, 0.1) is 0 Å². The summed E-state index contributed by atoms with van der Waals surface area (Å²) in [5.74, 6) is -0.513. The molecular weight excluding hydrogens is 284 g/mol. The second-order valence-electron chi connectivity index (χ2n) is 4.10. The van der Waals surface area contributed by atoms with Crippen LogP contribution in [0.2, 0.25) is 0 Å². The third-order valence-electron chi connectivity index (χ3n) is 2.29. The molecule has 0 saturated carbocycles. The van der Waals surface area contributed by atoms with Gasteiger partial charge in [0.2, 0.25) is 10.0 Å². The number of aromatic carboxylic acids is 1. The molecule has 1 aromatic rings. The first-order valence-corrected chi connectivity index (χ1v) is 7.89. The summed E-state index contributed by atoms with van der Waals surface area (Å²) in [7, 11) is -3.15. The lowest BCUT2D eigenvalue weighted by Crippen LogP contribution is -2.32. The van der Waals surface area contributed by atoms with Gasteiger partial charge in [-0.2, -0.15) is 0 Å². The van der Waals surface area contributed by atoms with Crippen LogP contribution in [0.1, 0.15) is 10.4 Å². The number of ether oxygens (including phenoxy) is 1. The summed E-state index contributed by atoms with van der Waals surface area (Å²) in [6.45, 7) is 1.70. The number of benzene rings is 1. The van der Waals surface area contributed by atoms with Crippen molar-refractivity contribution < 1.29 is 23.1 Å². The van der Waals surface area contributed by atoms with Gasteiger partial charge in [0, 0.05) is 19.6 Å². The molecule has 0 aliphatic carbocycles. The zero-order valence-electron chi connectivity index (χ0n) is 11.1. The molecule has 3 N–H and O–H groups in total. The highest BCUT2D eigenvalue weighted by Crippen LogP contribution is 2.12. The summed E-state index contributed by atoms with van der Waals surface area (Å²) in [4.78, 5) is 10.8. The van der Waals surface area contributed by atoms with Gasteiger partial charge < -0.3 is 15.2 Å². The number of rotatable bonds is 9. The molecule has 112 valence electrons. The molecule has 0 heterocycles. The van der Waals surface area contributed by atoms with E-state index in [0.29, 0.717) is 32.0 Å². The molecule has 7 nitrogen and oxygen atoms in total. The van der Waals surface area contributed by atoms with Crippen LogP contribution in [0.15, 0.2) is 24.3 Å². The molecule has 1 rings (SSSR count). The van der Waals surface area contributed by atoms with Crippen molar-refractivity contribution in [3.05, 3.63) is 29.8 Å². The van der Waals surface area contributed by atoms with Crippen molar-refractivity contribution >= 4 is 16.0 Å². The number of nitrogens with one attached hydrogen (secondary N) is 2. The van der Waals surface area contributed by atoms with E-state index in [2.05, 4.69) is 10.0 Å². The maximum Gasteiger partial charge on any atom is 0.335 e. The van der Waals surface area contributed by atoms with E-state index in [4.69, 9.17) is 9.84 Å². The van der Waals surface area contributed by atoms with Gasteiger partial charge in [-0.3, -0.25) is 0 Å². The minimum Gasteiger partial charge on any atom is -0.492 e. The molecule has 0 amide bonds. The van der Waals surface area contributed by atoms with Gasteiger partial charge in [0.05, 0.1) is 11.8 Å². The van der Waals surface area contributed by atoms with Crippen molar-refractivity contribution in [3.8, 4) is 5.75 Å². The fourth-order valence-corrected chi connectivity index (χ4v) is 1.88. The van der Waals surface area contributed by atoms with Gasteiger partial charge in [0.25, 0.3) is 0 Å². The Kier molecular flexibility index (Phi) is 6.43. The molecular formula is C12H18N2O5S. The van der Waals surface area contributed by atoms with E-state index >= 15 is 0 Å². The molecule has 0 aliphatic heterocycles. The Bertz CT molecular complexity index is 545. The normalized spacial score (nSPS) is 11.2. The smallest absolute Gasteiger partial charge is 0.335 e. The molecule has 8 heteroatoms. The number of carboxylic acid groups (broad SMARTS) is 1. The first-order chi connectivity index (χ1) is 9.38. The van der Waals surface area contributed by atoms with E-state index in [1.54, 1.807) is 12.1 Å². The Morgan fingerprint density at radius 1 is 1.30 bits per heavy atom. The number of sulfonamides is 1. The lowest BCUT2D eigenvalue weighted by atomic mass is 10.2. The Hall–Kier alpha value is -1.64. The predicted octanol–water partition coefficient (Wildman–Crippen LogP) is -0.0976. The number of hydrogen-bond acceptors (Lipinski definition) is 5. The third-order valence-corrected chi connectivity index (χ3v) is 3.02. The van der Waals surface area contributed by atoms with Gasteiger partial charge in [-0.05, 0) is 18.2 Å². The lowest BCUT2D eigenvalue weighted by molar-refractivity contribution is 0.0696. The van der Waals surface area contributed by atoms with Crippen LogP contribution >= 0.6 is 0 Å². The number of hydrogen-bond donors (Lipinski definition) is 3. The van der Waals surface area contributed by atoms with Crippen molar-refractivity contribution in [1.29, 1.82) is 0 Å². The first-order valence-electron chi connectivity index (χ1n) is 6.00. The average molecular weight is 302 g/mol. The van der Waals surface area contributed by atoms with E-state index in [-0.39, 0.29) is 5.56 Å². The van der Waals surface area contributed by atoms with Gasteiger partial charge in [-0.15, -0.1) is 0 Å². The minimum absolute atomic E-state index is 0.174. The molecule has 0 aromatic heterocycles. The van der Waals surface area contributed by atoms with Crippen LogP contribution in [-0.4, -0.2) is 52.0 Å². The second-order valence-corrected chi connectivity index (χ2v) is 5.93. The Balaban J connectivity index is 2.18. The van der Waals surface area contributed by atoms with Crippen molar-refractivity contribution in [3.63, 3.8) is 0 Å². The molecule has 0 fully saturated rings. The number of carboxylic acids is 1. The molecule has 0 atom stereocenters. The maximum absolute atomic E-state index is 10.8. The molecule has 1 aromatic carbocycles. The zero-order chi connectivity index (χ0) is 15.0. The van der Waals surface area contributed by atoms with E-state index in [0.717, 1.165) is 6.26 Å². The topological polar surface area (TPSA) is 105 Å². The molecule has 0 unspecified atom stereocenters. The van der Waals surface area contributed by atoms with Gasteiger partial charge in [0.15, 0.2) is 0 Å². The molecule has 20 heavy (non-hydrogen) atoms. The van der Waals surface area contributed by atoms with Crippen LogP contribution in [0.4, 0.5) is 0 Å². The fraction of sp³-hybridized carbons (Fsp3) is 0.417. The van der Waals surface area contributed by atoms with Crippen LogP contribution < -0.4 is 14.8 Å². The standard InChI is InChI=1S/C12H18N2O5S/c1-20(17,18)14-6-5-13-7-8-19-11-4-2-3-10(9-11)12(15)16/h2-4,9,13-14H,5-8H2,1H3,(H,15,16). The predicted molar refractivity (Wildman–Crippen MR) is 74.6 cm³/mol. The summed E-state index contributed by atoms with van der Waals surface area (Å²) < 4.78 is 29.3. The van der Waals surface area contributed by atoms with Crippen molar-refractivity contribution in [1.82, 2.24) is 10.0 Å². The maximum atomic E-state index is 10.8. The van der Waals surface area contributed by atoms with Crippen LogP contribution in [0.3, 0.4) is 0 Å². The Morgan fingerprint density at radius 2 is 2.05 bits per heavy atom. The van der Waals surface area contributed by atoms with Gasteiger partial charge in [0.1, 0.15) is 12.4 Å². The largest absolute Gasteiger partial charge is 0.492 e. The van der Waals surface area contributed by atoms with Crippen LogP contribution in [0.5, 0.6) is 5.75 Å². The molecule has 0 radical (unpaired) electrons. The second kappa shape index (κ2) is 7.83. The summed E-state index contributed by atoms with van der Waals surface area (Å²) in [6, 6.07) is 6.23. The highest BCUT2D eigenvalue weighted by atomic mass is 32.2. The zero-order valence-corrected chi connectivity index (χ0v) is 11.9. The van der Waals surface area contributed by atoms with Crippen molar-refractivity contribution in [2.75, 3.05) is 32.5 Å². The number of carbonyl (C=O) groups is 1. The van der Waals surface area contributed by atoms with Gasteiger partial charge in [-0.1, -0.05) is 6.07 Å². The monoisotopic (exact) mass is 302 g/mol. The molecule has 0 spiro atoms. The van der Waals surface area contributed by atoms with Crippen molar-refractivity contribution in [2.24, 2.45) is 0 Å². The van der Waals surface area contributed by atoms with Gasteiger partial charge in [-0.25, -0.2) is 17.9 Å². The minimum atomic E-state index is -3.15. The molecule has 0 saturated heterocycles. The highest BCUT2D eigenvalue weighted by molar-refractivity contribution is 7.88. The van der Waals surface area contributed by atoms with E-state index < -0.39 is 16.0 Å². The lowest BCUT2D eigenvalue weighted by Gasteiger charge is -2.08. The Morgan fingerprint density at radius 3 is 2.70 bits per heavy atom. The summed E-state index contributed by atoms with van der Waals surface area (Å²) >= 11 is 0. The quantitative estimate of drug-likeness (QED) is 0.550.